The minimum Gasteiger partial charge on any atom is -0.493 e. The summed E-state index contributed by atoms with van der Waals surface area (Å²) in [5, 5.41) is 8.89. The predicted octanol–water partition coefficient (Wildman–Crippen LogP) is 4.34. The van der Waals surface area contributed by atoms with Gasteiger partial charge >= 0.3 is 5.97 Å². The summed E-state index contributed by atoms with van der Waals surface area (Å²) in [5.74, 6) is -0.304. The van der Waals surface area contributed by atoms with Gasteiger partial charge in [-0.2, -0.15) is 0 Å². The third-order valence-corrected chi connectivity index (χ3v) is 4.56. The van der Waals surface area contributed by atoms with Gasteiger partial charge in [0.2, 0.25) is 0 Å². The quantitative estimate of drug-likeness (QED) is 0.666. The van der Waals surface area contributed by atoms with E-state index >= 15 is 0 Å². The molecule has 128 valence electrons. The molecule has 0 aromatic heterocycles. The van der Waals surface area contributed by atoms with E-state index in [-0.39, 0.29) is 16.8 Å². The number of fused-ring (bicyclic) bond motifs is 1. The highest BCUT2D eigenvalue weighted by Crippen LogP contribution is 2.38. The second-order valence-corrected chi connectivity index (χ2v) is 6.82. The van der Waals surface area contributed by atoms with Gasteiger partial charge in [0, 0.05) is 5.56 Å². The van der Waals surface area contributed by atoms with Crippen molar-refractivity contribution in [1.82, 2.24) is 0 Å². The zero-order chi connectivity index (χ0) is 18.0. The number of rotatable bonds is 4. The van der Waals surface area contributed by atoms with Crippen LogP contribution in [0, 0.1) is 0 Å². The molecule has 2 aromatic carbocycles. The van der Waals surface area contributed by atoms with Gasteiger partial charge in [0.1, 0.15) is 5.75 Å². The van der Waals surface area contributed by atoms with Crippen LogP contribution in [0.2, 0.25) is 0 Å². The molecule has 0 unspecified atom stereocenters. The maximum atomic E-state index is 12.4. The van der Waals surface area contributed by atoms with Gasteiger partial charge in [-0.15, -0.1) is 0 Å². The van der Waals surface area contributed by atoms with Crippen LogP contribution in [-0.4, -0.2) is 23.5 Å². The van der Waals surface area contributed by atoms with Crippen molar-refractivity contribution >= 4 is 17.8 Å². The van der Waals surface area contributed by atoms with Crippen LogP contribution in [0.5, 0.6) is 5.75 Å². The van der Waals surface area contributed by atoms with Crippen molar-refractivity contribution < 1.29 is 19.4 Å². The molecule has 0 amide bonds. The van der Waals surface area contributed by atoms with Crippen molar-refractivity contribution in [3.05, 3.63) is 70.8 Å². The Labute approximate surface area is 146 Å². The molecule has 0 fully saturated rings. The molecular weight excluding hydrogens is 316 g/mol. The maximum Gasteiger partial charge on any atom is 0.335 e. The van der Waals surface area contributed by atoms with E-state index in [1.54, 1.807) is 24.3 Å². The molecular formula is C21H20O4. The lowest BCUT2D eigenvalue weighted by atomic mass is 9.79. The van der Waals surface area contributed by atoms with Crippen LogP contribution in [0.4, 0.5) is 0 Å². The second kappa shape index (κ2) is 6.55. The molecule has 1 heterocycles. The first kappa shape index (κ1) is 17.0. The number of carboxylic acid groups (broad SMARTS) is 1. The van der Waals surface area contributed by atoms with Gasteiger partial charge in [0.15, 0.2) is 5.78 Å². The minimum atomic E-state index is -0.969. The van der Waals surface area contributed by atoms with E-state index in [1.807, 2.05) is 12.1 Å². The van der Waals surface area contributed by atoms with Crippen LogP contribution in [0.3, 0.4) is 0 Å². The number of carbonyl (C=O) groups excluding carboxylic acids is 1. The largest absolute Gasteiger partial charge is 0.493 e. The Morgan fingerprint density at radius 3 is 2.44 bits per heavy atom. The standard InChI is InChI=1S/C21H20O4/c1-21(2)11-12-25-19-13-16(8-9-17(19)21)18(22)10-5-14-3-6-15(7-4-14)20(23)24/h3-10,13H,11-12H2,1-2H3,(H,23,24)/b10-5+. The Morgan fingerprint density at radius 2 is 1.76 bits per heavy atom. The van der Waals surface area contributed by atoms with E-state index in [2.05, 4.69) is 13.8 Å². The molecule has 4 heteroatoms. The zero-order valence-corrected chi connectivity index (χ0v) is 14.3. The van der Waals surface area contributed by atoms with Crippen molar-refractivity contribution in [3.8, 4) is 5.75 Å². The molecule has 0 spiro atoms. The van der Waals surface area contributed by atoms with Gasteiger partial charge in [-0.3, -0.25) is 4.79 Å². The molecule has 1 aliphatic rings. The van der Waals surface area contributed by atoms with Gasteiger partial charge in [-0.1, -0.05) is 44.2 Å². The maximum absolute atomic E-state index is 12.4. The Morgan fingerprint density at radius 1 is 1.08 bits per heavy atom. The molecule has 0 bridgehead atoms. The molecule has 4 nitrogen and oxygen atoms in total. The fourth-order valence-electron chi connectivity index (χ4n) is 2.91. The number of ketones is 1. The number of allylic oxidation sites excluding steroid dienone is 1. The molecule has 0 atom stereocenters. The van der Waals surface area contributed by atoms with Crippen LogP contribution < -0.4 is 4.74 Å². The van der Waals surface area contributed by atoms with Crippen molar-refractivity contribution in [1.29, 1.82) is 0 Å². The molecule has 0 radical (unpaired) electrons. The number of benzene rings is 2. The Kier molecular flexibility index (Phi) is 4.45. The summed E-state index contributed by atoms with van der Waals surface area (Å²) in [5.41, 5.74) is 2.75. The minimum absolute atomic E-state index is 0.0525. The van der Waals surface area contributed by atoms with Crippen LogP contribution in [-0.2, 0) is 5.41 Å². The summed E-state index contributed by atoms with van der Waals surface area (Å²) in [7, 11) is 0. The molecule has 1 aliphatic heterocycles. The predicted molar refractivity (Wildman–Crippen MR) is 96.3 cm³/mol. The number of ether oxygens (including phenoxy) is 1. The summed E-state index contributed by atoms with van der Waals surface area (Å²) >= 11 is 0. The SMILES string of the molecule is CC1(C)CCOc2cc(C(=O)/C=C/c3ccc(C(=O)O)cc3)ccc21. The van der Waals surface area contributed by atoms with Gasteiger partial charge in [0.05, 0.1) is 12.2 Å². The van der Waals surface area contributed by atoms with Crippen molar-refractivity contribution in [3.63, 3.8) is 0 Å². The van der Waals surface area contributed by atoms with Crippen LogP contribution in [0.15, 0.2) is 48.5 Å². The first-order chi connectivity index (χ1) is 11.9. The lowest BCUT2D eigenvalue weighted by Gasteiger charge is -2.32. The zero-order valence-electron chi connectivity index (χ0n) is 14.3. The smallest absolute Gasteiger partial charge is 0.335 e. The van der Waals surface area contributed by atoms with E-state index in [0.717, 1.165) is 23.3 Å². The molecule has 1 N–H and O–H groups in total. The lowest BCUT2D eigenvalue weighted by molar-refractivity contribution is 0.0696. The van der Waals surface area contributed by atoms with E-state index in [4.69, 9.17) is 9.84 Å². The van der Waals surface area contributed by atoms with Crippen LogP contribution >= 0.6 is 0 Å². The third kappa shape index (κ3) is 3.63. The molecule has 0 saturated carbocycles. The summed E-state index contributed by atoms with van der Waals surface area (Å²) in [6.07, 6.45) is 4.13. The summed E-state index contributed by atoms with van der Waals surface area (Å²) < 4.78 is 5.72. The molecule has 2 aromatic rings. The van der Waals surface area contributed by atoms with Gasteiger partial charge < -0.3 is 9.84 Å². The first-order valence-electron chi connectivity index (χ1n) is 8.20. The van der Waals surface area contributed by atoms with E-state index in [9.17, 15) is 9.59 Å². The van der Waals surface area contributed by atoms with E-state index in [0.29, 0.717) is 12.2 Å². The first-order valence-corrected chi connectivity index (χ1v) is 8.20. The molecule has 3 rings (SSSR count). The highest BCUT2D eigenvalue weighted by molar-refractivity contribution is 6.07. The van der Waals surface area contributed by atoms with E-state index in [1.165, 1.54) is 18.2 Å². The van der Waals surface area contributed by atoms with E-state index < -0.39 is 5.97 Å². The Balaban J connectivity index is 1.78. The van der Waals surface area contributed by atoms with Gasteiger partial charge in [-0.25, -0.2) is 4.79 Å². The number of hydrogen-bond donors (Lipinski definition) is 1. The topological polar surface area (TPSA) is 63.6 Å². The lowest BCUT2D eigenvalue weighted by Crippen LogP contribution is -2.26. The third-order valence-electron chi connectivity index (χ3n) is 4.56. The monoisotopic (exact) mass is 336 g/mol. The number of hydrogen-bond acceptors (Lipinski definition) is 3. The second-order valence-electron chi connectivity index (χ2n) is 6.82. The molecule has 25 heavy (non-hydrogen) atoms. The highest BCUT2D eigenvalue weighted by Gasteiger charge is 2.28. The van der Waals surface area contributed by atoms with Crippen LogP contribution in [0.1, 0.15) is 52.1 Å². The average Bonchev–Trinajstić information content (AvgIpc) is 2.59. The highest BCUT2D eigenvalue weighted by atomic mass is 16.5. The van der Waals surface area contributed by atoms with Gasteiger partial charge in [0.25, 0.3) is 0 Å². The molecule has 0 aliphatic carbocycles. The average molecular weight is 336 g/mol. The fourth-order valence-corrected chi connectivity index (χ4v) is 2.91. The summed E-state index contributed by atoms with van der Waals surface area (Å²) in [6, 6.07) is 12.0. The fraction of sp³-hybridized carbons (Fsp3) is 0.238. The van der Waals surface area contributed by atoms with Crippen molar-refractivity contribution in [2.24, 2.45) is 0 Å². The Hall–Kier alpha value is -2.88. The number of carbonyl (C=O) groups is 2. The number of aromatic carboxylic acids is 1. The van der Waals surface area contributed by atoms with Crippen molar-refractivity contribution in [2.75, 3.05) is 6.61 Å². The van der Waals surface area contributed by atoms with Gasteiger partial charge in [-0.05, 0) is 47.2 Å². The van der Waals surface area contributed by atoms with Crippen molar-refractivity contribution in [2.45, 2.75) is 25.7 Å². The summed E-state index contributed by atoms with van der Waals surface area (Å²) in [4.78, 5) is 23.2. The summed E-state index contributed by atoms with van der Waals surface area (Å²) in [6.45, 7) is 5.01. The Bertz CT molecular complexity index is 845. The molecule has 0 saturated heterocycles. The normalized spacial score (nSPS) is 15.4. The van der Waals surface area contributed by atoms with Crippen LogP contribution in [0.25, 0.3) is 6.08 Å². The number of carboxylic acids is 1.